The lowest BCUT2D eigenvalue weighted by Crippen LogP contribution is -2.23. The Hall–Kier alpha value is -4.36. The van der Waals surface area contributed by atoms with Crippen LogP contribution < -0.4 is 28.7 Å². The van der Waals surface area contributed by atoms with Crippen molar-refractivity contribution < 1.29 is 23.7 Å². The summed E-state index contributed by atoms with van der Waals surface area (Å²) in [5.74, 6) is 3.21. The van der Waals surface area contributed by atoms with Crippen molar-refractivity contribution in [3.8, 4) is 23.0 Å². The van der Waals surface area contributed by atoms with Gasteiger partial charge in [0.1, 0.15) is 36.2 Å². The summed E-state index contributed by atoms with van der Waals surface area (Å²) in [4.78, 5) is 4.87. The van der Waals surface area contributed by atoms with Crippen molar-refractivity contribution in [1.29, 1.82) is 0 Å². The van der Waals surface area contributed by atoms with Crippen LogP contribution in [0.3, 0.4) is 0 Å². The van der Waals surface area contributed by atoms with Gasteiger partial charge in [-0.25, -0.2) is 0 Å². The third-order valence-corrected chi connectivity index (χ3v) is 7.48. The third kappa shape index (κ3) is 9.06. The molecular formula is C36H42N2O5. The van der Waals surface area contributed by atoms with E-state index in [0.29, 0.717) is 26.4 Å². The third-order valence-electron chi connectivity index (χ3n) is 7.48. The molecular weight excluding hydrogens is 540 g/mol. The first kappa shape index (κ1) is 30.1. The largest absolute Gasteiger partial charge is 0.497 e. The van der Waals surface area contributed by atoms with E-state index in [-0.39, 0.29) is 0 Å². The highest BCUT2D eigenvalue weighted by Gasteiger charge is 2.15. The number of benzene rings is 4. The Morgan fingerprint density at radius 3 is 1.84 bits per heavy atom. The van der Waals surface area contributed by atoms with Gasteiger partial charge in [-0.1, -0.05) is 36.4 Å². The van der Waals surface area contributed by atoms with E-state index in [0.717, 1.165) is 54.9 Å². The molecule has 7 heteroatoms. The molecule has 1 aliphatic heterocycles. The highest BCUT2D eigenvalue weighted by molar-refractivity contribution is 5.54. The molecule has 4 aromatic carbocycles. The molecule has 0 N–H and O–H groups in total. The van der Waals surface area contributed by atoms with Crippen LogP contribution in [0.4, 0.5) is 11.4 Å². The first-order valence-corrected chi connectivity index (χ1v) is 15.0. The number of hydrogen-bond donors (Lipinski definition) is 0. The minimum absolute atomic E-state index is 0.455. The van der Waals surface area contributed by atoms with E-state index in [9.17, 15) is 0 Å². The van der Waals surface area contributed by atoms with Crippen molar-refractivity contribution in [2.75, 3.05) is 63.5 Å². The van der Waals surface area contributed by atoms with E-state index in [1.165, 1.54) is 29.7 Å². The van der Waals surface area contributed by atoms with Crippen LogP contribution in [0.25, 0.3) is 0 Å². The van der Waals surface area contributed by atoms with E-state index < -0.39 is 0 Å². The quantitative estimate of drug-likeness (QED) is 0.132. The maximum atomic E-state index is 6.08. The summed E-state index contributed by atoms with van der Waals surface area (Å²) in [6.07, 6.45) is 2.53. The lowest BCUT2D eigenvalue weighted by atomic mass is 10.1. The second-order valence-corrected chi connectivity index (χ2v) is 10.6. The van der Waals surface area contributed by atoms with Crippen molar-refractivity contribution in [1.82, 2.24) is 0 Å². The Bertz CT molecular complexity index is 1420. The number of nitrogens with zero attached hydrogens (tertiary/aromatic N) is 2. The van der Waals surface area contributed by atoms with Gasteiger partial charge in [-0.15, -0.1) is 0 Å². The standard InChI is InChI=1S/C36H42N2O5/c1-39-33-13-6-10-30(24-33)28-38(27-29-9-5-11-31(23-29)37-17-3-4-18-37)32-12-7-15-35(25-32)42-21-19-41-20-22-43-36-16-8-14-34(26-36)40-2/h5-16,23-26H,3-4,17-22,27-28H2,1-2H3. The normalized spacial score (nSPS) is 12.7. The van der Waals surface area contributed by atoms with Gasteiger partial charge in [0.05, 0.1) is 27.4 Å². The molecule has 0 radical (unpaired) electrons. The van der Waals surface area contributed by atoms with Crippen molar-refractivity contribution in [2.24, 2.45) is 0 Å². The Morgan fingerprint density at radius 2 is 1.14 bits per heavy atom. The van der Waals surface area contributed by atoms with Crippen LogP contribution >= 0.6 is 0 Å². The number of methoxy groups -OCH3 is 2. The predicted molar refractivity (Wildman–Crippen MR) is 172 cm³/mol. The van der Waals surface area contributed by atoms with Gasteiger partial charge >= 0.3 is 0 Å². The number of anilines is 2. The lowest BCUT2D eigenvalue weighted by Gasteiger charge is -2.27. The van der Waals surface area contributed by atoms with Gasteiger partial charge in [0, 0.05) is 49.7 Å². The Labute approximate surface area is 255 Å². The summed E-state index contributed by atoms with van der Waals surface area (Å²) in [7, 11) is 3.35. The molecule has 1 fully saturated rings. The second-order valence-electron chi connectivity index (χ2n) is 10.6. The molecule has 0 aliphatic carbocycles. The zero-order chi connectivity index (χ0) is 29.7. The number of ether oxygens (including phenoxy) is 5. The monoisotopic (exact) mass is 582 g/mol. The molecule has 0 aromatic heterocycles. The van der Waals surface area contributed by atoms with Crippen molar-refractivity contribution in [3.63, 3.8) is 0 Å². The zero-order valence-corrected chi connectivity index (χ0v) is 25.2. The van der Waals surface area contributed by atoms with Crippen LogP contribution in [0, 0.1) is 0 Å². The van der Waals surface area contributed by atoms with Crippen LogP contribution in [-0.2, 0) is 17.8 Å². The summed E-state index contributed by atoms with van der Waals surface area (Å²) < 4.78 is 28.3. The molecule has 4 aromatic rings. The van der Waals surface area contributed by atoms with Gasteiger partial charge in [0.25, 0.3) is 0 Å². The first-order chi connectivity index (χ1) is 21.2. The van der Waals surface area contributed by atoms with Gasteiger partial charge in [-0.3, -0.25) is 0 Å². The summed E-state index contributed by atoms with van der Waals surface area (Å²) in [6.45, 7) is 5.65. The molecule has 0 saturated carbocycles. The van der Waals surface area contributed by atoms with Gasteiger partial charge in [-0.2, -0.15) is 0 Å². The van der Waals surface area contributed by atoms with Gasteiger partial charge in [-0.05, 0) is 72.5 Å². The lowest BCUT2D eigenvalue weighted by molar-refractivity contribution is 0.0764. The number of hydrogen-bond acceptors (Lipinski definition) is 7. The van der Waals surface area contributed by atoms with Gasteiger partial charge in [0.2, 0.25) is 0 Å². The highest BCUT2D eigenvalue weighted by atomic mass is 16.5. The molecule has 1 saturated heterocycles. The van der Waals surface area contributed by atoms with Crippen molar-refractivity contribution in [3.05, 3.63) is 108 Å². The molecule has 0 amide bonds. The van der Waals surface area contributed by atoms with Crippen LogP contribution in [0.5, 0.6) is 23.0 Å². The van der Waals surface area contributed by atoms with E-state index in [1.54, 1.807) is 14.2 Å². The van der Waals surface area contributed by atoms with Crippen LogP contribution in [0.15, 0.2) is 97.1 Å². The zero-order valence-electron chi connectivity index (χ0n) is 25.2. The Morgan fingerprint density at radius 1 is 0.581 bits per heavy atom. The molecule has 1 aliphatic rings. The molecule has 43 heavy (non-hydrogen) atoms. The molecule has 5 rings (SSSR count). The van der Waals surface area contributed by atoms with Crippen LogP contribution in [0.2, 0.25) is 0 Å². The topological polar surface area (TPSA) is 52.6 Å². The SMILES string of the molecule is COc1cccc(CN(Cc2cccc(N3CCCC3)c2)c2cccc(OCCOCCOc3cccc(OC)c3)c2)c1. The molecule has 226 valence electrons. The Balaban J connectivity index is 1.19. The van der Waals surface area contributed by atoms with E-state index >= 15 is 0 Å². The Kier molecular flexibility index (Phi) is 11.0. The molecule has 0 unspecified atom stereocenters. The minimum Gasteiger partial charge on any atom is -0.497 e. The maximum Gasteiger partial charge on any atom is 0.123 e. The average molecular weight is 583 g/mol. The minimum atomic E-state index is 0.455. The average Bonchev–Trinajstić information content (AvgIpc) is 3.60. The smallest absolute Gasteiger partial charge is 0.123 e. The molecule has 0 spiro atoms. The van der Waals surface area contributed by atoms with Gasteiger partial charge in [0.15, 0.2) is 0 Å². The summed E-state index contributed by atoms with van der Waals surface area (Å²) >= 11 is 0. The molecule has 0 atom stereocenters. The summed E-state index contributed by atoms with van der Waals surface area (Å²) in [6, 6.07) is 33.1. The van der Waals surface area contributed by atoms with Crippen LogP contribution in [-0.4, -0.2) is 53.7 Å². The second kappa shape index (κ2) is 15.8. The van der Waals surface area contributed by atoms with E-state index in [4.69, 9.17) is 23.7 Å². The molecule has 0 bridgehead atoms. The van der Waals surface area contributed by atoms with Crippen LogP contribution in [0.1, 0.15) is 24.0 Å². The van der Waals surface area contributed by atoms with Crippen molar-refractivity contribution in [2.45, 2.75) is 25.9 Å². The van der Waals surface area contributed by atoms with E-state index in [2.05, 4.69) is 58.3 Å². The number of rotatable bonds is 16. The molecule has 1 heterocycles. The maximum absolute atomic E-state index is 6.08. The fourth-order valence-corrected chi connectivity index (χ4v) is 5.28. The summed E-state index contributed by atoms with van der Waals surface area (Å²) in [5, 5.41) is 0. The van der Waals surface area contributed by atoms with Crippen molar-refractivity contribution >= 4 is 11.4 Å². The fourth-order valence-electron chi connectivity index (χ4n) is 5.28. The fraction of sp³-hybridized carbons (Fsp3) is 0.333. The predicted octanol–water partition coefficient (Wildman–Crippen LogP) is 6.99. The highest BCUT2D eigenvalue weighted by Crippen LogP contribution is 2.28. The summed E-state index contributed by atoms with van der Waals surface area (Å²) in [5.41, 5.74) is 4.87. The molecule has 7 nitrogen and oxygen atoms in total. The van der Waals surface area contributed by atoms with Gasteiger partial charge < -0.3 is 33.5 Å². The first-order valence-electron chi connectivity index (χ1n) is 15.0. The van der Waals surface area contributed by atoms with E-state index in [1.807, 2.05) is 48.5 Å².